The van der Waals surface area contributed by atoms with Gasteiger partial charge in [-0.05, 0) is 28.0 Å². The van der Waals surface area contributed by atoms with E-state index in [9.17, 15) is 0 Å². The Morgan fingerprint density at radius 3 is 2.08 bits per heavy atom. The summed E-state index contributed by atoms with van der Waals surface area (Å²) in [6, 6.07) is 0. The van der Waals surface area contributed by atoms with Crippen molar-refractivity contribution < 1.29 is 49.4 Å². The van der Waals surface area contributed by atoms with Gasteiger partial charge in [-0.2, -0.15) is 4.89 Å². The average molecular weight is 220 g/mol. The van der Waals surface area contributed by atoms with E-state index in [2.05, 4.69) is 4.72 Å². The van der Waals surface area contributed by atoms with Crippen LogP contribution in [-0.4, -0.2) is 10.4 Å². The van der Waals surface area contributed by atoms with Gasteiger partial charge in [0.2, 0.25) is 0 Å². The molecule has 0 amide bonds. The summed E-state index contributed by atoms with van der Waals surface area (Å²) < 4.78 is 11.5. The van der Waals surface area contributed by atoms with Crippen LogP contribution in [0.1, 0.15) is 0 Å². The molecule has 1 atom stereocenters. The molecule has 1 aliphatic rings. The predicted molar refractivity (Wildman–Crippen MR) is 42.4 cm³/mol. The molecule has 0 aromatic carbocycles. The van der Waals surface area contributed by atoms with E-state index in [4.69, 9.17) is 14.4 Å². The van der Waals surface area contributed by atoms with Gasteiger partial charge in [0.05, 0.1) is 0 Å². The van der Waals surface area contributed by atoms with Crippen molar-refractivity contribution >= 4 is 20.2 Å². The second kappa shape index (κ2) is 14.2. The van der Waals surface area contributed by atoms with Gasteiger partial charge in [0.1, 0.15) is 0 Å². The maximum absolute atomic E-state index is 8.59. The van der Waals surface area contributed by atoms with Crippen molar-refractivity contribution in [1.82, 2.24) is 4.72 Å². The van der Waals surface area contributed by atoms with Crippen LogP contribution < -0.4 is 39.2 Å². The van der Waals surface area contributed by atoms with Crippen LogP contribution in [0.15, 0.2) is 23.8 Å². The molecule has 0 saturated heterocycles. The summed E-state index contributed by atoms with van der Waals surface area (Å²) in [6.45, 7) is 0. The van der Waals surface area contributed by atoms with Gasteiger partial charge < -0.3 is 15.1 Å². The normalized spacial score (nSPS) is 12.3. The topological polar surface area (TPSA) is 104 Å². The van der Waals surface area contributed by atoms with E-state index in [-0.39, 0.29) is 35.0 Å². The van der Waals surface area contributed by atoms with Crippen LogP contribution in [-0.2, 0) is 4.57 Å². The van der Waals surface area contributed by atoms with Gasteiger partial charge in [0.25, 0.3) is 0 Å². The van der Waals surface area contributed by atoms with Gasteiger partial charge in [-0.3, -0.25) is 0 Å². The van der Waals surface area contributed by atoms with Gasteiger partial charge in [0.15, 0.2) is 0 Å². The van der Waals surface area contributed by atoms with E-state index in [1.54, 1.807) is 11.9 Å². The molecule has 1 aliphatic heterocycles. The van der Waals surface area contributed by atoms with E-state index in [0.29, 0.717) is 0 Å². The van der Waals surface area contributed by atoms with Crippen molar-refractivity contribution in [2.75, 3.05) is 0 Å². The van der Waals surface area contributed by atoms with Crippen molar-refractivity contribution in [3.8, 4) is 0 Å². The van der Waals surface area contributed by atoms with Gasteiger partial charge in [-0.1, -0.05) is 6.08 Å². The van der Waals surface area contributed by atoms with Crippen LogP contribution in [0.4, 0.5) is 0 Å². The van der Waals surface area contributed by atoms with Crippen molar-refractivity contribution in [3.63, 3.8) is 0 Å². The van der Waals surface area contributed by atoms with Crippen LogP contribution in [0, 0.1) is 0 Å². The Labute approximate surface area is 97.6 Å². The van der Waals surface area contributed by atoms with E-state index < -0.39 is 8.25 Å². The largest absolute Gasteiger partial charge is 1.00 e. The minimum atomic E-state index is -3.12. The molecule has 12 heavy (non-hydrogen) atoms. The fraction of sp³-hybridized carbons (Fsp3) is 0. The maximum Gasteiger partial charge on any atom is 1.00 e. The number of nitrogens with one attached hydrogen (secondary N) is 1. The van der Waals surface area contributed by atoms with Gasteiger partial charge in [-0.25, -0.2) is 0 Å². The van der Waals surface area contributed by atoms with Gasteiger partial charge >= 0.3 is 37.8 Å². The minimum Gasteiger partial charge on any atom is -0.567 e. The first-order valence-electron chi connectivity index (χ1n) is 2.29. The molecule has 0 aromatic heterocycles. The van der Waals surface area contributed by atoms with Crippen molar-refractivity contribution in [2.24, 2.45) is 0 Å². The molecule has 64 valence electrons. The van der Waals surface area contributed by atoms with E-state index in [1.165, 1.54) is 0 Å². The average Bonchev–Trinajstić information content (AvgIpc) is 1.90. The summed E-state index contributed by atoms with van der Waals surface area (Å²) >= 11 is 1.58. The van der Waals surface area contributed by atoms with Crippen molar-refractivity contribution in [2.45, 2.75) is 0 Å². The summed E-state index contributed by atoms with van der Waals surface area (Å²) in [6.07, 6.45) is 5.84. The first-order chi connectivity index (χ1) is 4.73. The molecular weight excluding hydrogens is 212 g/mol. The Balaban J connectivity index is -0.000000124. The molecule has 0 spiro atoms. The van der Waals surface area contributed by atoms with Crippen LogP contribution in [0.25, 0.3) is 0 Å². The molecule has 1 rings (SSSR count). The Hall–Kier alpha value is 0.610. The molecule has 1 unspecified atom stereocenters. The quantitative estimate of drug-likeness (QED) is 0.250. The van der Waals surface area contributed by atoms with Gasteiger partial charge in [-0.15, -0.1) is 0 Å². The molecule has 0 radical (unpaired) electrons. The summed E-state index contributed by atoms with van der Waals surface area (Å²) in [4.78, 5) is 15.6. The molecule has 0 aliphatic carbocycles. The summed E-state index contributed by atoms with van der Waals surface area (Å²) in [7, 11) is -3.12. The Morgan fingerprint density at radius 1 is 1.50 bits per heavy atom. The number of hydrogen-bond donors (Lipinski definition) is 2. The van der Waals surface area contributed by atoms with E-state index >= 15 is 0 Å². The number of rotatable bonds is 0. The van der Waals surface area contributed by atoms with Crippen LogP contribution >= 0.6 is 20.2 Å². The maximum atomic E-state index is 8.59. The first kappa shape index (κ1) is 18.4. The molecule has 4 N–H and O–H groups in total. The summed E-state index contributed by atoms with van der Waals surface area (Å²) in [5.41, 5.74) is 0. The number of hydrogen-bond acceptors (Lipinski definition) is 4. The molecule has 0 aromatic rings. The second-order valence-electron chi connectivity index (χ2n) is 1.16. The van der Waals surface area contributed by atoms with Crippen molar-refractivity contribution in [3.05, 3.63) is 23.8 Å². The zero-order valence-electron chi connectivity index (χ0n) is 6.43. The summed E-state index contributed by atoms with van der Waals surface area (Å²) in [5.74, 6) is 0. The standard InChI is InChI=1S/C4H5NS.Na.HO3P.H2O/c1-2-4-6-5-3-1;;1-4(2)3;/h1-5H;;(H,1,2,3);1H2/q;+1;;. The minimum absolute atomic E-state index is 0. The molecule has 1 heterocycles. The Morgan fingerprint density at radius 2 is 2.00 bits per heavy atom. The smallest absolute Gasteiger partial charge is 0.567 e. The van der Waals surface area contributed by atoms with Crippen LogP contribution in [0.3, 0.4) is 0 Å². The van der Waals surface area contributed by atoms with Crippen LogP contribution in [0.2, 0.25) is 0 Å². The molecule has 0 fully saturated rings. The van der Waals surface area contributed by atoms with E-state index in [1.807, 2.05) is 23.8 Å². The Kier molecular flexibility index (Phi) is 21.7. The fourth-order valence-corrected chi connectivity index (χ4v) is 0.663. The second-order valence-corrected chi connectivity index (χ2v) is 2.38. The summed E-state index contributed by atoms with van der Waals surface area (Å²) in [5, 5.41) is 1.99. The molecule has 0 bridgehead atoms. The zero-order chi connectivity index (χ0) is 7.82. The Bertz CT molecular complexity index is 149. The first-order valence-corrected chi connectivity index (χ1v) is 4.30. The molecule has 5 nitrogen and oxygen atoms in total. The predicted octanol–water partition coefficient (Wildman–Crippen LogP) is -3.56. The third-order valence-electron chi connectivity index (χ3n) is 0.490. The van der Waals surface area contributed by atoms with Gasteiger partial charge in [0, 0.05) is 6.20 Å². The SMILES string of the molecule is C1=CNSC=C1.O.O=[P+]([O-])O.[Na+]. The molecular formula is C4H8NNaO4PS+. The molecule has 8 heteroatoms. The van der Waals surface area contributed by atoms with E-state index in [0.717, 1.165) is 0 Å². The van der Waals surface area contributed by atoms with Crippen molar-refractivity contribution in [1.29, 1.82) is 0 Å². The monoisotopic (exact) mass is 220 g/mol. The third-order valence-corrected chi connectivity index (χ3v) is 1.06. The third kappa shape index (κ3) is 22.4. The zero-order valence-corrected chi connectivity index (χ0v) is 10.1. The fourth-order valence-electron chi connectivity index (χ4n) is 0.258. The molecule has 0 saturated carbocycles. The van der Waals surface area contributed by atoms with Crippen LogP contribution in [0.5, 0.6) is 0 Å². The number of allylic oxidation sites excluding steroid dienone is 2.